The molecule has 0 heterocycles. The molecule has 0 bridgehead atoms. The lowest BCUT2D eigenvalue weighted by Gasteiger charge is -2.04. The molecule has 0 atom stereocenters. The lowest BCUT2D eigenvalue weighted by atomic mass is 10.2. The standard InChI is InChI=1S/C10H8BrClO2S/c11-7-2-3-8(10(13)14)9(6-7)15-5-1-4-12/h1-4,6H,5H2,(H,13,14)/b4-1+. The lowest BCUT2D eigenvalue weighted by molar-refractivity contribution is 0.0693. The molecule has 1 N–H and O–H groups in total. The van der Waals surface area contributed by atoms with Crippen LogP contribution in [0.25, 0.3) is 0 Å². The number of thioether (sulfide) groups is 1. The van der Waals surface area contributed by atoms with E-state index in [1.54, 1.807) is 24.3 Å². The summed E-state index contributed by atoms with van der Waals surface area (Å²) in [5.41, 5.74) is 1.73. The molecule has 0 unspecified atom stereocenters. The minimum absolute atomic E-state index is 0.311. The monoisotopic (exact) mass is 306 g/mol. The Hall–Kier alpha value is -0.450. The van der Waals surface area contributed by atoms with Gasteiger partial charge in [0.2, 0.25) is 0 Å². The smallest absolute Gasteiger partial charge is 0.336 e. The summed E-state index contributed by atoms with van der Waals surface area (Å²) in [6.45, 7) is 0. The molecular formula is C10H8BrClO2S. The second kappa shape index (κ2) is 6.20. The van der Waals surface area contributed by atoms with Crippen LogP contribution >= 0.6 is 39.3 Å². The van der Waals surface area contributed by atoms with Crippen LogP contribution in [0.3, 0.4) is 0 Å². The summed E-state index contributed by atoms with van der Waals surface area (Å²) in [5.74, 6) is -0.264. The Bertz CT molecular complexity index is 393. The van der Waals surface area contributed by atoms with Gasteiger partial charge in [-0.3, -0.25) is 0 Å². The molecule has 0 aromatic heterocycles. The van der Waals surface area contributed by atoms with Crippen LogP contribution in [-0.2, 0) is 0 Å². The molecule has 2 nitrogen and oxygen atoms in total. The number of benzene rings is 1. The highest BCUT2D eigenvalue weighted by molar-refractivity contribution is 9.10. The minimum atomic E-state index is -0.917. The Balaban J connectivity index is 2.91. The van der Waals surface area contributed by atoms with Crippen molar-refractivity contribution in [3.05, 3.63) is 39.8 Å². The number of carboxylic acid groups (broad SMARTS) is 1. The molecule has 80 valence electrons. The molecule has 0 spiro atoms. The van der Waals surface area contributed by atoms with Gasteiger partial charge < -0.3 is 5.11 Å². The summed E-state index contributed by atoms with van der Waals surface area (Å²) in [5, 5.41) is 8.94. The van der Waals surface area contributed by atoms with Crippen LogP contribution in [0.4, 0.5) is 0 Å². The van der Waals surface area contributed by atoms with E-state index in [2.05, 4.69) is 15.9 Å². The first-order valence-electron chi connectivity index (χ1n) is 4.06. The van der Waals surface area contributed by atoms with E-state index in [1.165, 1.54) is 17.3 Å². The highest BCUT2D eigenvalue weighted by atomic mass is 79.9. The van der Waals surface area contributed by atoms with E-state index in [0.717, 1.165) is 9.37 Å². The maximum Gasteiger partial charge on any atom is 0.336 e. The first-order chi connectivity index (χ1) is 7.15. The van der Waals surface area contributed by atoms with Gasteiger partial charge in [-0.25, -0.2) is 4.79 Å². The van der Waals surface area contributed by atoms with Crippen LogP contribution in [-0.4, -0.2) is 16.8 Å². The molecule has 1 aromatic rings. The number of rotatable bonds is 4. The fourth-order valence-electron chi connectivity index (χ4n) is 0.967. The maximum absolute atomic E-state index is 10.9. The van der Waals surface area contributed by atoms with E-state index in [1.807, 2.05) is 0 Å². The van der Waals surface area contributed by atoms with Crippen LogP contribution in [0.5, 0.6) is 0 Å². The maximum atomic E-state index is 10.9. The summed E-state index contributed by atoms with van der Waals surface area (Å²) in [6, 6.07) is 5.08. The molecule has 5 heteroatoms. The zero-order chi connectivity index (χ0) is 11.3. The van der Waals surface area contributed by atoms with E-state index in [9.17, 15) is 4.79 Å². The van der Waals surface area contributed by atoms with Crippen molar-refractivity contribution in [3.63, 3.8) is 0 Å². The van der Waals surface area contributed by atoms with Gasteiger partial charge in [-0.05, 0) is 18.2 Å². The highest BCUT2D eigenvalue weighted by Gasteiger charge is 2.09. The fourth-order valence-corrected chi connectivity index (χ4v) is 2.57. The molecular weight excluding hydrogens is 300 g/mol. The Labute approximate surface area is 105 Å². The van der Waals surface area contributed by atoms with Crippen LogP contribution in [0, 0.1) is 0 Å². The molecule has 0 aliphatic heterocycles. The summed E-state index contributed by atoms with van der Waals surface area (Å²) in [7, 11) is 0. The van der Waals surface area contributed by atoms with Gasteiger partial charge in [0, 0.05) is 20.7 Å². The predicted octanol–water partition coefficient (Wildman–Crippen LogP) is 3.99. The number of hydrogen-bond donors (Lipinski definition) is 1. The third kappa shape index (κ3) is 3.89. The van der Waals surface area contributed by atoms with Crippen molar-refractivity contribution in [3.8, 4) is 0 Å². The molecule has 0 saturated heterocycles. The average Bonchev–Trinajstić information content (AvgIpc) is 2.18. The second-order valence-corrected chi connectivity index (χ2v) is 4.85. The van der Waals surface area contributed by atoms with Crippen molar-refractivity contribution in [2.75, 3.05) is 5.75 Å². The SMILES string of the molecule is O=C(O)c1ccc(Br)cc1SC/C=C/Cl. The van der Waals surface area contributed by atoms with Crippen LogP contribution in [0.15, 0.2) is 39.2 Å². The molecule has 15 heavy (non-hydrogen) atoms. The fraction of sp³-hybridized carbons (Fsp3) is 0.100. The largest absolute Gasteiger partial charge is 0.478 e. The van der Waals surface area contributed by atoms with Crippen molar-refractivity contribution >= 4 is 45.3 Å². The van der Waals surface area contributed by atoms with E-state index in [4.69, 9.17) is 16.7 Å². The van der Waals surface area contributed by atoms with E-state index in [-0.39, 0.29) is 0 Å². The summed E-state index contributed by atoms with van der Waals surface area (Å²) in [6.07, 6.45) is 1.76. The van der Waals surface area contributed by atoms with Crippen molar-refractivity contribution in [2.45, 2.75) is 4.90 Å². The molecule has 0 saturated carbocycles. The zero-order valence-electron chi connectivity index (χ0n) is 7.61. The molecule has 0 aliphatic rings. The number of carbonyl (C=O) groups is 1. The second-order valence-electron chi connectivity index (χ2n) is 2.62. The van der Waals surface area contributed by atoms with Gasteiger partial charge in [0.25, 0.3) is 0 Å². The Kier molecular flexibility index (Phi) is 5.22. The summed E-state index contributed by atoms with van der Waals surface area (Å²) >= 11 is 10.1. The molecule has 0 fully saturated rings. The number of halogens is 2. The van der Waals surface area contributed by atoms with Crippen molar-refractivity contribution in [2.24, 2.45) is 0 Å². The van der Waals surface area contributed by atoms with E-state index < -0.39 is 5.97 Å². The van der Waals surface area contributed by atoms with Gasteiger partial charge in [-0.2, -0.15) is 0 Å². The van der Waals surface area contributed by atoms with Gasteiger partial charge >= 0.3 is 5.97 Å². The van der Waals surface area contributed by atoms with Crippen molar-refractivity contribution in [1.82, 2.24) is 0 Å². The first kappa shape index (κ1) is 12.6. The predicted molar refractivity (Wildman–Crippen MR) is 66.8 cm³/mol. The number of hydrogen-bond acceptors (Lipinski definition) is 2. The lowest BCUT2D eigenvalue weighted by Crippen LogP contribution is -1.98. The normalized spacial score (nSPS) is 10.8. The van der Waals surface area contributed by atoms with Gasteiger partial charge in [0.15, 0.2) is 0 Å². The first-order valence-corrected chi connectivity index (χ1v) is 6.27. The third-order valence-corrected chi connectivity index (χ3v) is 3.28. The van der Waals surface area contributed by atoms with Gasteiger partial charge in [-0.1, -0.05) is 33.6 Å². The minimum Gasteiger partial charge on any atom is -0.478 e. The Morgan fingerprint density at radius 2 is 2.33 bits per heavy atom. The molecule has 1 aromatic carbocycles. The zero-order valence-corrected chi connectivity index (χ0v) is 10.8. The van der Waals surface area contributed by atoms with Crippen molar-refractivity contribution < 1.29 is 9.90 Å². The van der Waals surface area contributed by atoms with Crippen LogP contribution in [0.2, 0.25) is 0 Å². The Morgan fingerprint density at radius 3 is 2.93 bits per heavy atom. The quantitative estimate of drug-likeness (QED) is 0.855. The van der Waals surface area contributed by atoms with Gasteiger partial charge in [0.05, 0.1) is 5.56 Å². The molecule has 0 radical (unpaired) electrons. The molecule has 0 aliphatic carbocycles. The van der Waals surface area contributed by atoms with Crippen LogP contribution < -0.4 is 0 Å². The van der Waals surface area contributed by atoms with Crippen LogP contribution in [0.1, 0.15) is 10.4 Å². The number of carboxylic acids is 1. The number of aromatic carboxylic acids is 1. The van der Waals surface area contributed by atoms with Gasteiger partial charge in [-0.15, -0.1) is 11.8 Å². The highest BCUT2D eigenvalue weighted by Crippen LogP contribution is 2.26. The third-order valence-electron chi connectivity index (χ3n) is 1.60. The summed E-state index contributed by atoms with van der Waals surface area (Å²) in [4.78, 5) is 11.6. The summed E-state index contributed by atoms with van der Waals surface area (Å²) < 4.78 is 0.866. The van der Waals surface area contributed by atoms with E-state index >= 15 is 0 Å². The van der Waals surface area contributed by atoms with Gasteiger partial charge in [0.1, 0.15) is 0 Å². The Morgan fingerprint density at radius 1 is 1.60 bits per heavy atom. The molecule has 0 amide bonds. The van der Waals surface area contributed by atoms with Crippen molar-refractivity contribution in [1.29, 1.82) is 0 Å². The average molecular weight is 308 g/mol. The van der Waals surface area contributed by atoms with E-state index in [0.29, 0.717) is 11.3 Å². The topological polar surface area (TPSA) is 37.3 Å². The molecule has 1 rings (SSSR count).